The summed E-state index contributed by atoms with van der Waals surface area (Å²) in [4.78, 5) is 0.976. The lowest BCUT2D eigenvalue weighted by Crippen LogP contribution is -2.31. The van der Waals surface area contributed by atoms with Crippen molar-refractivity contribution in [2.75, 3.05) is 23.8 Å². The first-order chi connectivity index (χ1) is 9.94. The summed E-state index contributed by atoms with van der Waals surface area (Å²) in [5.74, 6) is 0.838. The van der Waals surface area contributed by atoms with Gasteiger partial charge in [-0.2, -0.15) is 0 Å². The van der Waals surface area contributed by atoms with E-state index < -0.39 is 10.0 Å². The second-order valence-electron chi connectivity index (χ2n) is 5.42. The van der Waals surface area contributed by atoms with Gasteiger partial charge in [0, 0.05) is 22.9 Å². The number of nitrogens with two attached hydrogens (primary N) is 1. The van der Waals surface area contributed by atoms with Gasteiger partial charge in [-0.3, -0.25) is 0 Å². The van der Waals surface area contributed by atoms with E-state index in [1.807, 2.05) is 18.2 Å². The van der Waals surface area contributed by atoms with E-state index in [1.54, 1.807) is 6.07 Å². The fraction of sp³-hybridized carbons (Fsp3) is 0.571. The standard InChI is InChI=1S/C14H22N2O3S2/c15-12-2-1-3-14(9-12)20-6-7-21(18,19)16-10-11-4-5-13(17)8-11/h1-3,9,11,13,16-17H,4-8,10,15H2. The monoisotopic (exact) mass is 330 g/mol. The van der Waals surface area contributed by atoms with Gasteiger partial charge in [0.15, 0.2) is 0 Å². The van der Waals surface area contributed by atoms with E-state index in [4.69, 9.17) is 5.73 Å². The van der Waals surface area contributed by atoms with E-state index in [0.717, 1.165) is 17.7 Å². The van der Waals surface area contributed by atoms with Crippen LogP contribution in [0, 0.1) is 5.92 Å². The van der Waals surface area contributed by atoms with Crippen molar-refractivity contribution < 1.29 is 13.5 Å². The van der Waals surface area contributed by atoms with Crippen LogP contribution < -0.4 is 10.5 Å². The highest BCUT2D eigenvalue weighted by atomic mass is 32.2. The van der Waals surface area contributed by atoms with Gasteiger partial charge in [0.2, 0.25) is 10.0 Å². The summed E-state index contributed by atoms with van der Waals surface area (Å²) < 4.78 is 26.5. The van der Waals surface area contributed by atoms with Crippen LogP contribution in [-0.2, 0) is 10.0 Å². The van der Waals surface area contributed by atoms with E-state index >= 15 is 0 Å². The molecular weight excluding hydrogens is 308 g/mol. The van der Waals surface area contributed by atoms with Crippen LogP contribution in [0.25, 0.3) is 0 Å². The molecule has 1 aromatic rings. The average Bonchev–Trinajstić information content (AvgIpc) is 2.82. The fourth-order valence-corrected chi connectivity index (χ4v) is 4.90. The Bertz CT molecular complexity index is 563. The molecule has 0 radical (unpaired) electrons. The SMILES string of the molecule is Nc1cccc(SCCS(=O)(=O)NCC2CCC(O)C2)c1. The quantitative estimate of drug-likeness (QED) is 0.520. The average molecular weight is 330 g/mol. The number of hydrogen-bond donors (Lipinski definition) is 3. The molecule has 0 saturated heterocycles. The number of nitrogens with one attached hydrogen (secondary N) is 1. The molecule has 0 bridgehead atoms. The molecule has 1 saturated carbocycles. The second kappa shape index (κ2) is 7.49. The molecule has 2 unspecified atom stereocenters. The number of nitrogen functional groups attached to an aromatic ring is 1. The summed E-state index contributed by atoms with van der Waals surface area (Å²) in [5, 5.41) is 9.43. The molecule has 1 aromatic carbocycles. The molecule has 0 spiro atoms. The second-order valence-corrected chi connectivity index (χ2v) is 8.52. The Morgan fingerprint density at radius 3 is 2.86 bits per heavy atom. The predicted octanol–water partition coefficient (Wildman–Crippen LogP) is 1.44. The van der Waals surface area contributed by atoms with Crippen molar-refractivity contribution in [3.63, 3.8) is 0 Å². The summed E-state index contributed by atoms with van der Waals surface area (Å²) >= 11 is 1.48. The van der Waals surface area contributed by atoms with Gasteiger partial charge in [0.05, 0.1) is 11.9 Å². The van der Waals surface area contributed by atoms with Crippen molar-refractivity contribution in [2.24, 2.45) is 5.92 Å². The smallest absolute Gasteiger partial charge is 0.212 e. The van der Waals surface area contributed by atoms with Gasteiger partial charge in [0.1, 0.15) is 0 Å². The van der Waals surface area contributed by atoms with E-state index in [1.165, 1.54) is 11.8 Å². The van der Waals surface area contributed by atoms with Crippen molar-refractivity contribution in [1.29, 1.82) is 0 Å². The zero-order chi connectivity index (χ0) is 15.3. The molecular formula is C14H22N2O3S2. The highest BCUT2D eigenvalue weighted by Crippen LogP contribution is 2.25. The molecule has 118 valence electrons. The van der Waals surface area contributed by atoms with Gasteiger partial charge in [-0.25, -0.2) is 13.1 Å². The number of anilines is 1. The molecule has 2 atom stereocenters. The number of aliphatic hydroxyl groups excluding tert-OH is 1. The molecule has 1 aliphatic rings. The van der Waals surface area contributed by atoms with Crippen molar-refractivity contribution >= 4 is 27.5 Å². The molecule has 7 heteroatoms. The number of benzene rings is 1. The molecule has 0 heterocycles. The van der Waals surface area contributed by atoms with Crippen LogP contribution in [-0.4, -0.2) is 37.7 Å². The Hall–Kier alpha value is -0.760. The molecule has 5 nitrogen and oxygen atoms in total. The van der Waals surface area contributed by atoms with Crippen molar-refractivity contribution in [1.82, 2.24) is 4.72 Å². The van der Waals surface area contributed by atoms with E-state index in [9.17, 15) is 13.5 Å². The first kappa shape index (κ1) is 16.6. The normalized spacial score (nSPS) is 22.5. The molecule has 1 aliphatic carbocycles. The summed E-state index contributed by atoms with van der Waals surface area (Å²) in [5.41, 5.74) is 6.36. The van der Waals surface area contributed by atoms with Gasteiger partial charge in [-0.15, -0.1) is 11.8 Å². The predicted molar refractivity (Wildman–Crippen MR) is 86.7 cm³/mol. The molecule has 21 heavy (non-hydrogen) atoms. The zero-order valence-corrected chi connectivity index (χ0v) is 13.5. The minimum Gasteiger partial charge on any atom is -0.399 e. The number of hydrogen-bond acceptors (Lipinski definition) is 5. The Morgan fingerprint density at radius 2 is 2.19 bits per heavy atom. The van der Waals surface area contributed by atoms with Gasteiger partial charge in [-0.05, 0) is 43.4 Å². The van der Waals surface area contributed by atoms with Gasteiger partial charge >= 0.3 is 0 Å². The highest BCUT2D eigenvalue weighted by molar-refractivity contribution is 8.00. The molecule has 1 fully saturated rings. The van der Waals surface area contributed by atoms with Crippen LogP contribution in [0.1, 0.15) is 19.3 Å². The highest BCUT2D eigenvalue weighted by Gasteiger charge is 2.24. The largest absolute Gasteiger partial charge is 0.399 e. The van der Waals surface area contributed by atoms with Crippen LogP contribution in [0.3, 0.4) is 0 Å². The summed E-state index contributed by atoms with van der Waals surface area (Å²) in [6, 6.07) is 7.42. The third kappa shape index (κ3) is 5.86. The van der Waals surface area contributed by atoms with Crippen molar-refractivity contribution in [3.05, 3.63) is 24.3 Å². The van der Waals surface area contributed by atoms with E-state index in [0.29, 0.717) is 24.4 Å². The lowest BCUT2D eigenvalue weighted by molar-refractivity contribution is 0.178. The Morgan fingerprint density at radius 1 is 1.38 bits per heavy atom. The summed E-state index contributed by atoms with van der Waals surface area (Å²) in [6.45, 7) is 0.433. The van der Waals surface area contributed by atoms with Gasteiger partial charge < -0.3 is 10.8 Å². The zero-order valence-electron chi connectivity index (χ0n) is 11.9. The minimum absolute atomic E-state index is 0.0851. The first-order valence-corrected chi connectivity index (χ1v) is 9.72. The van der Waals surface area contributed by atoms with Gasteiger partial charge in [0.25, 0.3) is 0 Å². The van der Waals surface area contributed by atoms with Crippen molar-refractivity contribution in [2.45, 2.75) is 30.3 Å². The van der Waals surface area contributed by atoms with Crippen LogP contribution in [0.2, 0.25) is 0 Å². The summed E-state index contributed by atoms with van der Waals surface area (Å²) in [6.07, 6.45) is 2.10. The topological polar surface area (TPSA) is 92.4 Å². The number of rotatable bonds is 7. The number of thioether (sulfide) groups is 1. The van der Waals surface area contributed by atoms with Crippen LogP contribution in [0.4, 0.5) is 5.69 Å². The molecule has 0 aromatic heterocycles. The maximum absolute atomic E-state index is 11.9. The van der Waals surface area contributed by atoms with Gasteiger partial charge in [-0.1, -0.05) is 6.07 Å². The molecule has 4 N–H and O–H groups in total. The van der Waals surface area contributed by atoms with Crippen LogP contribution in [0.15, 0.2) is 29.2 Å². The van der Waals surface area contributed by atoms with E-state index in [2.05, 4.69) is 4.72 Å². The first-order valence-electron chi connectivity index (χ1n) is 7.08. The fourth-order valence-electron chi connectivity index (χ4n) is 2.42. The van der Waals surface area contributed by atoms with E-state index in [-0.39, 0.29) is 17.8 Å². The molecule has 0 amide bonds. The maximum Gasteiger partial charge on any atom is 0.212 e. The minimum atomic E-state index is -3.25. The van der Waals surface area contributed by atoms with Crippen LogP contribution >= 0.6 is 11.8 Å². The third-order valence-corrected chi connectivity index (χ3v) is 6.19. The maximum atomic E-state index is 11.9. The lowest BCUT2D eigenvalue weighted by atomic mass is 10.1. The van der Waals surface area contributed by atoms with Crippen molar-refractivity contribution in [3.8, 4) is 0 Å². The Kier molecular flexibility index (Phi) is 5.92. The lowest BCUT2D eigenvalue weighted by Gasteiger charge is -2.11. The number of aliphatic hydroxyl groups is 1. The molecule has 0 aliphatic heterocycles. The number of sulfonamides is 1. The Labute approximate surface area is 130 Å². The van der Waals surface area contributed by atoms with Crippen LogP contribution in [0.5, 0.6) is 0 Å². The third-order valence-electron chi connectivity index (χ3n) is 3.58. The molecule has 2 rings (SSSR count). The summed E-state index contributed by atoms with van der Waals surface area (Å²) in [7, 11) is -3.25. The Balaban J connectivity index is 1.71.